The van der Waals surface area contributed by atoms with Gasteiger partial charge < -0.3 is 24.0 Å². The predicted molar refractivity (Wildman–Crippen MR) is 57.7 cm³/mol. The number of nitrogen functional groups attached to an aromatic ring is 1. The Bertz CT molecular complexity index is 330. The molecule has 4 nitrogen and oxygen atoms in total. The molecule has 0 bridgehead atoms. The van der Waals surface area contributed by atoms with Crippen LogP contribution in [0.15, 0.2) is 24.3 Å². The molecule has 1 amide bonds. The molecule has 3 N–H and O–H groups in total. The van der Waals surface area contributed by atoms with Gasteiger partial charge >= 0.3 is 0 Å². The largest absolute Gasteiger partial charge is 1.00 e. The van der Waals surface area contributed by atoms with Crippen LogP contribution in [0.3, 0.4) is 0 Å². The van der Waals surface area contributed by atoms with Crippen LogP contribution in [0, 0.1) is 0 Å². The number of nitrogens with zero attached hydrogens (tertiary/aromatic N) is 1. The number of hydrogen-bond donors (Lipinski definition) is 2. The summed E-state index contributed by atoms with van der Waals surface area (Å²) in [6.45, 7) is 0. The van der Waals surface area contributed by atoms with Crippen molar-refractivity contribution in [3.63, 3.8) is 0 Å². The maximum atomic E-state index is 11.1. The van der Waals surface area contributed by atoms with Crippen molar-refractivity contribution in [3.05, 3.63) is 29.8 Å². The van der Waals surface area contributed by atoms with E-state index in [1.807, 2.05) is 12.1 Å². The van der Waals surface area contributed by atoms with Crippen molar-refractivity contribution in [2.75, 3.05) is 21.1 Å². The van der Waals surface area contributed by atoms with Crippen LogP contribution in [0.4, 0.5) is 5.69 Å². The van der Waals surface area contributed by atoms with Crippen LogP contribution in [0.5, 0.6) is 0 Å². The van der Waals surface area contributed by atoms with E-state index in [9.17, 15) is 4.79 Å². The Morgan fingerprint density at radius 1 is 1.20 bits per heavy atom. The first-order valence-electron chi connectivity index (χ1n) is 4.38. The van der Waals surface area contributed by atoms with Crippen LogP contribution >= 0.6 is 0 Å². The van der Waals surface area contributed by atoms with Crippen LogP contribution in [0.25, 0.3) is 0 Å². The Kier molecular flexibility index (Phi) is 5.19. The summed E-state index contributed by atoms with van der Waals surface area (Å²) in [5.74, 6) is 4.76. The van der Waals surface area contributed by atoms with Gasteiger partial charge in [0.15, 0.2) is 0 Å². The number of rotatable bonds is 2. The van der Waals surface area contributed by atoms with Crippen LogP contribution in [-0.4, -0.2) is 27.1 Å². The molecule has 1 rings (SSSR count). The van der Waals surface area contributed by atoms with Gasteiger partial charge in [0.2, 0.25) is 0 Å². The number of nitrogens with two attached hydrogens (primary N) is 1. The number of quaternary nitrogens is 1. The van der Waals surface area contributed by atoms with E-state index in [2.05, 4.69) is 26.6 Å². The summed E-state index contributed by atoms with van der Waals surface area (Å²) in [5, 5.41) is 0. The van der Waals surface area contributed by atoms with Crippen LogP contribution in [-0.2, 0) is 0 Å². The standard InChI is InChI=1S/C10H15N3O.HI/c1-13(2,3)9-6-4-8(5-7-9)10(14)12-11;/h4-7H,11H2,1-3H3;1H. The van der Waals surface area contributed by atoms with E-state index in [0.29, 0.717) is 5.56 Å². The minimum Gasteiger partial charge on any atom is -1.00 e. The third-order valence-electron chi connectivity index (χ3n) is 2.04. The van der Waals surface area contributed by atoms with Gasteiger partial charge in [-0.1, -0.05) is 0 Å². The van der Waals surface area contributed by atoms with Gasteiger partial charge in [-0.15, -0.1) is 0 Å². The normalized spacial score (nSPS) is 10.4. The van der Waals surface area contributed by atoms with Crippen molar-refractivity contribution in [3.8, 4) is 0 Å². The Morgan fingerprint density at radius 3 is 2.00 bits per heavy atom. The average Bonchev–Trinajstić information content (AvgIpc) is 2.15. The zero-order valence-corrected chi connectivity index (χ0v) is 11.3. The molecule has 15 heavy (non-hydrogen) atoms. The van der Waals surface area contributed by atoms with E-state index >= 15 is 0 Å². The molecule has 0 spiro atoms. The molecule has 0 radical (unpaired) electrons. The molecular formula is C10H16IN3O. The monoisotopic (exact) mass is 321 g/mol. The topological polar surface area (TPSA) is 55.1 Å². The minimum atomic E-state index is -0.266. The van der Waals surface area contributed by atoms with Gasteiger partial charge in [0.25, 0.3) is 5.91 Å². The number of benzene rings is 1. The number of halogens is 1. The number of hydrazine groups is 1. The summed E-state index contributed by atoms with van der Waals surface area (Å²) in [6, 6.07) is 7.37. The summed E-state index contributed by atoms with van der Waals surface area (Å²) in [5.41, 5.74) is 3.81. The Hall–Kier alpha value is -0.660. The third kappa shape index (κ3) is 3.77. The maximum absolute atomic E-state index is 11.1. The fourth-order valence-electron chi connectivity index (χ4n) is 1.14. The first kappa shape index (κ1) is 14.3. The zero-order chi connectivity index (χ0) is 10.8. The van der Waals surface area contributed by atoms with Crippen molar-refractivity contribution in [1.82, 2.24) is 9.91 Å². The summed E-state index contributed by atoms with van der Waals surface area (Å²) in [7, 11) is 6.20. The van der Waals surface area contributed by atoms with Crippen molar-refractivity contribution in [1.29, 1.82) is 0 Å². The second-order valence-corrected chi connectivity index (χ2v) is 4.03. The highest BCUT2D eigenvalue weighted by Crippen LogP contribution is 2.16. The summed E-state index contributed by atoms with van der Waals surface area (Å²) in [6.07, 6.45) is 0. The quantitative estimate of drug-likeness (QED) is 0.208. The minimum absolute atomic E-state index is 0. The van der Waals surface area contributed by atoms with Gasteiger partial charge in [-0.05, 0) is 24.3 Å². The van der Waals surface area contributed by atoms with E-state index in [1.165, 1.54) is 0 Å². The fraction of sp³-hybridized carbons (Fsp3) is 0.300. The Morgan fingerprint density at radius 2 is 1.67 bits per heavy atom. The molecule has 0 aromatic heterocycles. The molecule has 1 aromatic rings. The molecule has 0 heterocycles. The van der Waals surface area contributed by atoms with Crippen LogP contribution in [0.1, 0.15) is 10.4 Å². The molecule has 0 atom stereocenters. The molecule has 0 saturated heterocycles. The molecule has 0 aliphatic heterocycles. The first-order chi connectivity index (χ1) is 6.45. The van der Waals surface area contributed by atoms with Crippen molar-refractivity contribution < 1.29 is 28.8 Å². The predicted octanol–water partition coefficient (Wildman–Crippen LogP) is -2.51. The lowest BCUT2D eigenvalue weighted by atomic mass is 10.2. The van der Waals surface area contributed by atoms with Gasteiger partial charge in [0.1, 0.15) is 5.69 Å². The van der Waals surface area contributed by atoms with Gasteiger partial charge in [0, 0.05) is 5.56 Å². The molecule has 0 aliphatic rings. The first-order valence-corrected chi connectivity index (χ1v) is 4.38. The average molecular weight is 321 g/mol. The van der Waals surface area contributed by atoms with E-state index in [4.69, 9.17) is 5.84 Å². The Labute approximate surface area is 107 Å². The van der Waals surface area contributed by atoms with E-state index in [0.717, 1.165) is 10.2 Å². The van der Waals surface area contributed by atoms with Crippen molar-refractivity contribution in [2.45, 2.75) is 0 Å². The van der Waals surface area contributed by atoms with Gasteiger partial charge in [0.05, 0.1) is 21.1 Å². The molecular weight excluding hydrogens is 305 g/mol. The highest BCUT2D eigenvalue weighted by atomic mass is 127. The van der Waals surface area contributed by atoms with Crippen LogP contribution in [0.2, 0.25) is 0 Å². The number of hydrogen-bond acceptors (Lipinski definition) is 2. The van der Waals surface area contributed by atoms with Crippen LogP contribution < -0.4 is 39.7 Å². The molecule has 0 unspecified atom stereocenters. The lowest BCUT2D eigenvalue weighted by molar-refractivity contribution is -0.0000114. The van der Waals surface area contributed by atoms with Gasteiger partial charge in [-0.25, -0.2) is 5.84 Å². The van der Waals surface area contributed by atoms with E-state index in [1.54, 1.807) is 12.1 Å². The molecule has 0 saturated carbocycles. The molecule has 1 aromatic carbocycles. The summed E-state index contributed by atoms with van der Waals surface area (Å²) in [4.78, 5) is 11.1. The fourth-order valence-corrected chi connectivity index (χ4v) is 1.14. The number of nitrogens with one attached hydrogen (secondary N) is 1. The molecule has 0 aliphatic carbocycles. The number of amides is 1. The second-order valence-electron chi connectivity index (χ2n) is 4.03. The van der Waals surface area contributed by atoms with Crippen molar-refractivity contribution >= 4 is 11.6 Å². The summed E-state index contributed by atoms with van der Waals surface area (Å²) >= 11 is 0. The van der Waals surface area contributed by atoms with Gasteiger partial charge in [-0.3, -0.25) is 14.7 Å². The maximum Gasteiger partial charge on any atom is 0.265 e. The van der Waals surface area contributed by atoms with E-state index < -0.39 is 0 Å². The number of carbonyl (C=O) groups is 1. The van der Waals surface area contributed by atoms with E-state index in [-0.39, 0.29) is 29.9 Å². The van der Waals surface area contributed by atoms with Crippen molar-refractivity contribution in [2.24, 2.45) is 5.84 Å². The smallest absolute Gasteiger partial charge is 0.265 e. The summed E-state index contributed by atoms with van der Waals surface area (Å²) < 4.78 is 0.727. The highest BCUT2D eigenvalue weighted by Gasteiger charge is 2.12. The second kappa shape index (κ2) is 5.43. The van der Waals surface area contributed by atoms with Gasteiger partial charge in [-0.2, -0.15) is 0 Å². The lowest BCUT2D eigenvalue weighted by Crippen LogP contribution is -3.00. The third-order valence-corrected chi connectivity index (χ3v) is 2.04. The zero-order valence-electron chi connectivity index (χ0n) is 9.12. The highest BCUT2D eigenvalue weighted by molar-refractivity contribution is 5.93. The molecule has 0 fully saturated rings. The lowest BCUT2D eigenvalue weighted by Gasteiger charge is -2.23. The molecule has 84 valence electrons. The SMILES string of the molecule is C[N+](C)(C)c1ccc(C(=O)NN)cc1.[I-]. The number of carbonyl (C=O) groups excluding carboxylic acids is 1. The Balaban J connectivity index is 0.00000196. The molecule has 5 heteroatoms.